The smallest absolute Gasteiger partial charge is 0.0661 e. The second-order valence-electron chi connectivity index (χ2n) is 5.46. The molecule has 0 radical (unpaired) electrons. The predicted octanol–water partition coefficient (Wildman–Crippen LogP) is 1.49. The number of methoxy groups -OCH3 is 2. The van der Waals surface area contributed by atoms with Crippen LogP contribution in [0.4, 0.5) is 0 Å². The van der Waals surface area contributed by atoms with E-state index in [9.17, 15) is 0 Å². The van der Waals surface area contributed by atoms with E-state index in [4.69, 9.17) is 15.2 Å². The minimum absolute atomic E-state index is 0.00269. The van der Waals surface area contributed by atoms with Gasteiger partial charge in [0.25, 0.3) is 0 Å². The van der Waals surface area contributed by atoms with Crippen molar-refractivity contribution in [3.05, 3.63) is 0 Å². The molecule has 1 rings (SSSR count). The van der Waals surface area contributed by atoms with Gasteiger partial charge in [-0.2, -0.15) is 0 Å². The lowest BCUT2D eigenvalue weighted by Crippen LogP contribution is -2.62. The lowest BCUT2D eigenvalue weighted by Gasteiger charge is -2.46. The maximum Gasteiger partial charge on any atom is 0.0661 e. The Morgan fingerprint density at radius 3 is 2.39 bits per heavy atom. The minimum atomic E-state index is 0.00269. The third-order valence-corrected chi connectivity index (χ3v) is 4.32. The van der Waals surface area contributed by atoms with Gasteiger partial charge >= 0.3 is 0 Å². The number of hydrogen-bond acceptors (Lipinski definition) is 4. The minimum Gasteiger partial charge on any atom is -0.383 e. The molecule has 4 heteroatoms. The third-order valence-electron chi connectivity index (χ3n) is 4.32. The van der Waals surface area contributed by atoms with Crippen molar-refractivity contribution in [3.63, 3.8) is 0 Å². The highest BCUT2D eigenvalue weighted by Crippen LogP contribution is 2.43. The predicted molar refractivity (Wildman–Crippen MR) is 74.7 cm³/mol. The Morgan fingerprint density at radius 1 is 1.33 bits per heavy atom. The lowest BCUT2D eigenvalue weighted by molar-refractivity contribution is -0.0348. The molecule has 4 nitrogen and oxygen atoms in total. The summed E-state index contributed by atoms with van der Waals surface area (Å²) in [5.41, 5.74) is 6.14. The van der Waals surface area contributed by atoms with Gasteiger partial charge in [0.2, 0.25) is 0 Å². The summed E-state index contributed by atoms with van der Waals surface area (Å²) >= 11 is 0. The first-order chi connectivity index (χ1) is 8.66. The van der Waals surface area contributed by atoms with Gasteiger partial charge in [-0.05, 0) is 32.1 Å². The molecule has 2 unspecified atom stereocenters. The fraction of sp³-hybridized carbons (Fsp3) is 1.00. The first-order valence-corrected chi connectivity index (χ1v) is 7.11. The molecule has 0 spiro atoms. The van der Waals surface area contributed by atoms with Crippen LogP contribution in [0.3, 0.4) is 0 Å². The van der Waals surface area contributed by atoms with E-state index in [0.717, 1.165) is 26.2 Å². The summed E-state index contributed by atoms with van der Waals surface area (Å²) < 4.78 is 10.8. The summed E-state index contributed by atoms with van der Waals surface area (Å²) in [4.78, 5) is 2.53. The van der Waals surface area contributed by atoms with E-state index in [1.54, 1.807) is 14.2 Å². The second kappa shape index (κ2) is 7.43. The van der Waals surface area contributed by atoms with E-state index >= 15 is 0 Å². The zero-order valence-corrected chi connectivity index (χ0v) is 12.4. The van der Waals surface area contributed by atoms with E-state index in [1.807, 2.05) is 0 Å². The molecule has 1 aliphatic carbocycles. The highest BCUT2D eigenvalue weighted by Gasteiger charge is 2.49. The lowest BCUT2D eigenvalue weighted by atomic mass is 9.89. The quantitative estimate of drug-likeness (QED) is 0.645. The largest absolute Gasteiger partial charge is 0.383 e. The van der Waals surface area contributed by atoms with Crippen LogP contribution in [0.25, 0.3) is 0 Å². The molecule has 0 bridgehead atoms. The van der Waals surface area contributed by atoms with Crippen molar-refractivity contribution in [3.8, 4) is 0 Å². The molecule has 0 aromatic carbocycles. The van der Waals surface area contributed by atoms with Gasteiger partial charge in [0, 0.05) is 33.4 Å². The summed E-state index contributed by atoms with van der Waals surface area (Å²) in [6.07, 6.45) is 3.68. The first kappa shape index (κ1) is 15.9. The van der Waals surface area contributed by atoms with E-state index in [1.165, 1.54) is 12.8 Å². The molecule has 1 saturated carbocycles. The monoisotopic (exact) mass is 258 g/mol. The fourth-order valence-corrected chi connectivity index (χ4v) is 2.94. The Kier molecular flexibility index (Phi) is 6.57. The summed E-state index contributed by atoms with van der Waals surface area (Å²) in [6, 6.07) is 0.513. The van der Waals surface area contributed by atoms with Crippen LogP contribution in [0, 0.1) is 5.92 Å². The van der Waals surface area contributed by atoms with Crippen molar-refractivity contribution < 1.29 is 9.47 Å². The average molecular weight is 258 g/mol. The summed E-state index contributed by atoms with van der Waals surface area (Å²) in [6.45, 7) is 7.58. The van der Waals surface area contributed by atoms with Crippen LogP contribution in [0.5, 0.6) is 0 Å². The van der Waals surface area contributed by atoms with Crippen LogP contribution in [0.1, 0.15) is 33.1 Å². The fourth-order valence-electron chi connectivity index (χ4n) is 2.94. The van der Waals surface area contributed by atoms with Crippen LogP contribution in [0.2, 0.25) is 0 Å². The molecule has 0 heterocycles. The molecule has 0 aromatic heterocycles. The number of nitrogens with zero attached hydrogens (tertiary/aromatic N) is 1. The van der Waals surface area contributed by atoms with Gasteiger partial charge in [-0.1, -0.05) is 6.92 Å². The third kappa shape index (κ3) is 3.44. The Hall–Kier alpha value is -0.160. The van der Waals surface area contributed by atoms with Crippen LogP contribution < -0.4 is 5.73 Å². The van der Waals surface area contributed by atoms with Gasteiger partial charge in [0.15, 0.2) is 0 Å². The molecule has 1 aliphatic rings. The average Bonchev–Trinajstić information content (AvgIpc) is 3.21. The first-order valence-electron chi connectivity index (χ1n) is 7.11. The van der Waals surface area contributed by atoms with E-state index < -0.39 is 0 Å². The number of ether oxygens (including phenoxy) is 2. The van der Waals surface area contributed by atoms with E-state index in [0.29, 0.717) is 18.5 Å². The van der Waals surface area contributed by atoms with Crippen LogP contribution in [-0.2, 0) is 9.47 Å². The summed E-state index contributed by atoms with van der Waals surface area (Å²) in [7, 11) is 3.53. The topological polar surface area (TPSA) is 47.7 Å². The SMILES string of the molecule is CCC(C)N(CCOC)C(CN)(COC)C1CC1. The molecule has 0 aromatic rings. The Bertz CT molecular complexity index is 234. The van der Waals surface area contributed by atoms with Gasteiger partial charge in [0.05, 0.1) is 18.8 Å². The van der Waals surface area contributed by atoms with Crippen LogP contribution in [0.15, 0.2) is 0 Å². The van der Waals surface area contributed by atoms with Crippen molar-refractivity contribution >= 4 is 0 Å². The van der Waals surface area contributed by atoms with Crippen molar-refractivity contribution in [1.82, 2.24) is 4.90 Å². The molecule has 18 heavy (non-hydrogen) atoms. The van der Waals surface area contributed by atoms with Crippen LogP contribution >= 0.6 is 0 Å². The van der Waals surface area contributed by atoms with Crippen molar-refractivity contribution in [2.24, 2.45) is 11.7 Å². The number of hydrogen-bond donors (Lipinski definition) is 1. The van der Waals surface area contributed by atoms with Gasteiger partial charge < -0.3 is 15.2 Å². The normalized spacial score (nSPS) is 21.0. The van der Waals surface area contributed by atoms with E-state index in [-0.39, 0.29) is 5.54 Å². The molecule has 1 fully saturated rings. The van der Waals surface area contributed by atoms with E-state index in [2.05, 4.69) is 18.7 Å². The molecule has 0 saturated heterocycles. The molecule has 0 aliphatic heterocycles. The molecular weight excluding hydrogens is 228 g/mol. The van der Waals surface area contributed by atoms with Crippen molar-refractivity contribution in [2.45, 2.75) is 44.7 Å². The molecule has 2 N–H and O–H groups in total. The summed E-state index contributed by atoms with van der Waals surface area (Å²) in [5.74, 6) is 0.688. The maximum absolute atomic E-state index is 6.14. The Balaban J connectivity index is 2.87. The molecule has 0 amide bonds. The van der Waals surface area contributed by atoms with Crippen LogP contribution in [-0.4, -0.2) is 57.0 Å². The van der Waals surface area contributed by atoms with Crippen molar-refractivity contribution in [1.29, 1.82) is 0 Å². The molecular formula is C14H30N2O2. The van der Waals surface area contributed by atoms with Gasteiger partial charge in [-0.15, -0.1) is 0 Å². The van der Waals surface area contributed by atoms with Gasteiger partial charge in [-0.25, -0.2) is 0 Å². The number of rotatable bonds is 10. The summed E-state index contributed by atoms with van der Waals surface area (Å²) in [5, 5.41) is 0. The Morgan fingerprint density at radius 2 is 2.00 bits per heavy atom. The standard InChI is InChI=1S/C14H30N2O2/c1-5-12(2)16(8-9-17-3)14(10-15,11-18-4)13-6-7-13/h12-13H,5-11,15H2,1-4H3. The van der Waals surface area contributed by atoms with Crippen molar-refractivity contribution in [2.75, 3.05) is 40.5 Å². The number of nitrogens with two attached hydrogens (primary N) is 1. The van der Waals surface area contributed by atoms with Gasteiger partial charge in [-0.3, -0.25) is 4.90 Å². The Labute approximate surface area is 112 Å². The van der Waals surface area contributed by atoms with Gasteiger partial charge in [0.1, 0.15) is 0 Å². The second-order valence-corrected chi connectivity index (χ2v) is 5.46. The molecule has 108 valence electrons. The maximum atomic E-state index is 6.14. The highest BCUT2D eigenvalue weighted by molar-refractivity contribution is 5.04. The highest BCUT2D eigenvalue weighted by atomic mass is 16.5. The zero-order valence-electron chi connectivity index (χ0n) is 12.4. The molecule has 2 atom stereocenters. The zero-order chi connectivity index (χ0) is 13.6.